The number of carboxylic acids is 1. The molecule has 0 bridgehead atoms. The van der Waals surface area contributed by atoms with Gasteiger partial charge < -0.3 is 19.5 Å². The second-order valence-electron chi connectivity index (χ2n) is 5.88. The number of fused-ring (bicyclic) bond motifs is 1. The lowest BCUT2D eigenvalue weighted by molar-refractivity contribution is -0.166. The maximum atomic E-state index is 12.6. The highest BCUT2D eigenvalue weighted by Gasteiger charge is 2.49. The van der Waals surface area contributed by atoms with Gasteiger partial charge in [0.15, 0.2) is 6.10 Å². The summed E-state index contributed by atoms with van der Waals surface area (Å²) >= 11 is 0. The van der Waals surface area contributed by atoms with Gasteiger partial charge in [-0.05, 0) is 25.2 Å². The Labute approximate surface area is 118 Å². The van der Waals surface area contributed by atoms with E-state index in [2.05, 4.69) is 0 Å². The molecule has 20 heavy (non-hydrogen) atoms. The number of rotatable bonds is 2. The van der Waals surface area contributed by atoms with Crippen LogP contribution < -0.4 is 0 Å². The molecule has 1 saturated carbocycles. The number of aliphatic carboxylic acids is 1. The highest BCUT2D eigenvalue weighted by atomic mass is 16.6. The molecule has 1 aliphatic carbocycles. The van der Waals surface area contributed by atoms with Gasteiger partial charge in [0.1, 0.15) is 6.04 Å². The Morgan fingerprint density at radius 1 is 1.15 bits per heavy atom. The SMILES string of the molecule is O=C(O)[C@@H]1C[C@@H]2CCCC[C@H]2N1C(=O)[C@H]1COCCO1. The van der Waals surface area contributed by atoms with Crippen molar-refractivity contribution in [2.45, 2.75) is 50.3 Å². The molecule has 0 aromatic carbocycles. The molecule has 1 amide bonds. The number of hydrogen-bond acceptors (Lipinski definition) is 4. The molecular weight excluding hydrogens is 262 g/mol. The Hall–Kier alpha value is -1.14. The van der Waals surface area contributed by atoms with Crippen molar-refractivity contribution in [3.8, 4) is 0 Å². The molecule has 1 N–H and O–H groups in total. The van der Waals surface area contributed by atoms with Gasteiger partial charge in [-0.3, -0.25) is 4.79 Å². The molecule has 6 nitrogen and oxygen atoms in total. The molecule has 0 unspecified atom stereocenters. The summed E-state index contributed by atoms with van der Waals surface area (Å²) in [7, 11) is 0. The van der Waals surface area contributed by atoms with E-state index >= 15 is 0 Å². The van der Waals surface area contributed by atoms with E-state index in [0.717, 1.165) is 25.7 Å². The van der Waals surface area contributed by atoms with E-state index in [0.29, 0.717) is 25.6 Å². The molecule has 2 saturated heterocycles. The fourth-order valence-corrected chi connectivity index (χ4v) is 3.79. The second-order valence-corrected chi connectivity index (χ2v) is 5.88. The topological polar surface area (TPSA) is 76.1 Å². The third kappa shape index (κ3) is 2.42. The highest BCUT2D eigenvalue weighted by Crippen LogP contribution is 2.40. The number of amides is 1. The molecule has 4 atom stereocenters. The normalized spacial score (nSPS) is 37.5. The molecule has 0 aromatic rings. The Bertz CT molecular complexity index is 393. The van der Waals surface area contributed by atoms with Crippen LogP contribution in [0, 0.1) is 5.92 Å². The molecule has 0 aromatic heterocycles. The molecule has 0 spiro atoms. The number of carbonyl (C=O) groups is 2. The zero-order valence-corrected chi connectivity index (χ0v) is 11.5. The Kier molecular flexibility index (Phi) is 3.94. The van der Waals surface area contributed by atoms with E-state index in [9.17, 15) is 14.7 Å². The molecule has 6 heteroatoms. The molecular formula is C14H21NO5. The lowest BCUT2D eigenvalue weighted by atomic mass is 9.84. The molecule has 2 aliphatic heterocycles. The Balaban J connectivity index is 1.79. The van der Waals surface area contributed by atoms with Crippen molar-refractivity contribution in [2.24, 2.45) is 5.92 Å². The van der Waals surface area contributed by atoms with Gasteiger partial charge in [-0.25, -0.2) is 4.79 Å². The predicted molar refractivity (Wildman–Crippen MR) is 69.2 cm³/mol. The standard InChI is InChI=1S/C14H21NO5/c16-13(12-8-19-5-6-20-12)15-10-4-2-1-3-9(10)7-11(15)14(17)18/h9-12H,1-8H2,(H,17,18)/t9-,10+,11-,12+/m0/s1. The lowest BCUT2D eigenvalue weighted by Crippen LogP contribution is -2.53. The quantitative estimate of drug-likeness (QED) is 0.805. The lowest BCUT2D eigenvalue weighted by Gasteiger charge is -2.35. The van der Waals surface area contributed by atoms with Gasteiger partial charge in [0, 0.05) is 6.04 Å². The summed E-state index contributed by atoms with van der Waals surface area (Å²) in [6, 6.07) is -0.621. The summed E-state index contributed by atoms with van der Waals surface area (Å²) in [5.41, 5.74) is 0. The average molecular weight is 283 g/mol. The largest absolute Gasteiger partial charge is 0.480 e. The van der Waals surface area contributed by atoms with Crippen LogP contribution in [0.3, 0.4) is 0 Å². The van der Waals surface area contributed by atoms with Gasteiger partial charge in [0.05, 0.1) is 19.8 Å². The van der Waals surface area contributed by atoms with Gasteiger partial charge in [0.2, 0.25) is 0 Å². The van der Waals surface area contributed by atoms with Crippen LogP contribution in [0.5, 0.6) is 0 Å². The first kappa shape index (κ1) is 13.8. The van der Waals surface area contributed by atoms with Crippen molar-refractivity contribution in [1.29, 1.82) is 0 Å². The molecule has 3 rings (SSSR count). The maximum Gasteiger partial charge on any atom is 0.326 e. The number of nitrogens with zero attached hydrogens (tertiary/aromatic N) is 1. The van der Waals surface area contributed by atoms with E-state index in [4.69, 9.17) is 9.47 Å². The minimum atomic E-state index is -0.899. The summed E-state index contributed by atoms with van der Waals surface area (Å²) < 4.78 is 10.7. The summed E-state index contributed by atoms with van der Waals surface area (Å²) in [5.74, 6) is -0.769. The van der Waals surface area contributed by atoms with Crippen LogP contribution in [-0.2, 0) is 19.1 Å². The molecule has 3 fully saturated rings. The first-order chi connectivity index (χ1) is 9.68. The highest BCUT2D eigenvalue weighted by molar-refractivity contribution is 5.87. The fourth-order valence-electron chi connectivity index (χ4n) is 3.79. The summed E-state index contributed by atoms with van der Waals surface area (Å²) in [5, 5.41) is 9.41. The number of carbonyl (C=O) groups excluding carboxylic acids is 1. The van der Waals surface area contributed by atoms with Crippen molar-refractivity contribution in [3.63, 3.8) is 0 Å². The predicted octanol–water partition coefficient (Wildman–Crippen LogP) is 0.646. The van der Waals surface area contributed by atoms with Crippen molar-refractivity contribution in [2.75, 3.05) is 19.8 Å². The Morgan fingerprint density at radius 2 is 1.95 bits per heavy atom. The average Bonchev–Trinajstić information content (AvgIpc) is 2.87. The van der Waals surface area contributed by atoms with Crippen LogP contribution in [0.25, 0.3) is 0 Å². The third-order valence-electron chi connectivity index (χ3n) is 4.72. The van der Waals surface area contributed by atoms with Crippen LogP contribution in [-0.4, -0.2) is 59.9 Å². The second kappa shape index (κ2) is 5.69. The van der Waals surface area contributed by atoms with Crippen LogP contribution in [0.2, 0.25) is 0 Å². The number of hydrogen-bond donors (Lipinski definition) is 1. The first-order valence-electron chi connectivity index (χ1n) is 7.43. The maximum absolute atomic E-state index is 12.6. The van der Waals surface area contributed by atoms with Gasteiger partial charge >= 0.3 is 5.97 Å². The van der Waals surface area contributed by atoms with E-state index < -0.39 is 18.1 Å². The van der Waals surface area contributed by atoms with Crippen LogP contribution in [0.15, 0.2) is 0 Å². The summed E-state index contributed by atoms with van der Waals surface area (Å²) in [6.45, 7) is 1.13. The van der Waals surface area contributed by atoms with E-state index in [1.165, 1.54) is 0 Å². The third-order valence-corrected chi connectivity index (χ3v) is 4.72. The van der Waals surface area contributed by atoms with Crippen LogP contribution in [0.4, 0.5) is 0 Å². The smallest absolute Gasteiger partial charge is 0.326 e. The van der Waals surface area contributed by atoms with Gasteiger partial charge in [-0.15, -0.1) is 0 Å². The summed E-state index contributed by atoms with van der Waals surface area (Å²) in [6.07, 6.45) is 4.09. The zero-order valence-electron chi connectivity index (χ0n) is 11.5. The zero-order chi connectivity index (χ0) is 14.1. The van der Waals surface area contributed by atoms with Crippen molar-refractivity contribution in [3.05, 3.63) is 0 Å². The molecule has 0 radical (unpaired) electrons. The van der Waals surface area contributed by atoms with E-state index in [1.54, 1.807) is 4.90 Å². The first-order valence-corrected chi connectivity index (χ1v) is 7.43. The summed E-state index contributed by atoms with van der Waals surface area (Å²) in [4.78, 5) is 25.7. The van der Waals surface area contributed by atoms with E-state index in [1.807, 2.05) is 0 Å². The van der Waals surface area contributed by atoms with Crippen molar-refractivity contribution >= 4 is 11.9 Å². The number of likely N-dealkylation sites (tertiary alicyclic amines) is 1. The minimum absolute atomic E-state index is 0.0721. The van der Waals surface area contributed by atoms with Gasteiger partial charge in [-0.2, -0.15) is 0 Å². The fraction of sp³-hybridized carbons (Fsp3) is 0.857. The monoisotopic (exact) mass is 283 g/mol. The minimum Gasteiger partial charge on any atom is -0.480 e. The van der Waals surface area contributed by atoms with Crippen molar-refractivity contribution < 1.29 is 24.2 Å². The molecule has 3 aliphatic rings. The Morgan fingerprint density at radius 3 is 2.65 bits per heavy atom. The van der Waals surface area contributed by atoms with Crippen LogP contribution >= 0.6 is 0 Å². The molecule has 2 heterocycles. The number of carboxylic acid groups (broad SMARTS) is 1. The van der Waals surface area contributed by atoms with Gasteiger partial charge in [-0.1, -0.05) is 12.8 Å². The van der Waals surface area contributed by atoms with Crippen molar-refractivity contribution in [1.82, 2.24) is 4.90 Å². The number of ether oxygens (including phenoxy) is 2. The van der Waals surface area contributed by atoms with Crippen LogP contribution in [0.1, 0.15) is 32.1 Å². The van der Waals surface area contributed by atoms with Gasteiger partial charge in [0.25, 0.3) is 5.91 Å². The van der Waals surface area contributed by atoms with E-state index in [-0.39, 0.29) is 18.6 Å². The molecule has 112 valence electrons.